The third kappa shape index (κ3) is 3.64. The maximum absolute atomic E-state index is 11.3. The Morgan fingerprint density at radius 3 is 2.58 bits per heavy atom. The van der Waals surface area contributed by atoms with Crippen LogP contribution in [-0.2, 0) is 12.8 Å². The predicted octanol–water partition coefficient (Wildman–Crippen LogP) is 3.63. The van der Waals surface area contributed by atoms with Crippen LogP contribution in [0.1, 0.15) is 39.8 Å². The molecule has 0 spiro atoms. The van der Waals surface area contributed by atoms with Crippen LogP contribution in [0, 0.1) is 5.92 Å². The zero-order valence-corrected chi connectivity index (χ0v) is 11.9. The molecule has 0 saturated heterocycles. The first kappa shape index (κ1) is 13.7. The van der Waals surface area contributed by atoms with E-state index >= 15 is 0 Å². The highest BCUT2D eigenvalue weighted by atomic mass is 32.1. The fraction of sp³-hybridized carbons (Fsp3) is 0.333. The van der Waals surface area contributed by atoms with E-state index in [2.05, 4.69) is 18.8 Å². The second-order valence-electron chi connectivity index (χ2n) is 4.94. The van der Waals surface area contributed by atoms with Crippen LogP contribution in [0.2, 0.25) is 0 Å². The molecule has 0 radical (unpaired) electrons. The SMILES string of the molecule is CC(C)Cc1nc(C(=O)O)c(Cc2ccccc2)s1. The van der Waals surface area contributed by atoms with Gasteiger partial charge in [-0.25, -0.2) is 9.78 Å². The van der Waals surface area contributed by atoms with Crippen molar-refractivity contribution >= 4 is 17.3 Å². The summed E-state index contributed by atoms with van der Waals surface area (Å²) in [4.78, 5) is 16.4. The van der Waals surface area contributed by atoms with E-state index in [1.807, 2.05) is 30.3 Å². The molecule has 0 fully saturated rings. The number of rotatable bonds is 5. The smallest absolute Gasteiger partial charge is 0.355 e. The zero-order valence-electron chi connectivity index (χ0n) is 11.1. The van der Waals surface area contributed by atoms with Crippen molar-refractivity contribution in [2.75, 3.05) is 0 Å². The van der Waals surface area contributed by atoms with Crippen LogP contribution in [0.4, 0.5) is 0 Å². The van der Waals surface area contributed by atoms with Gasteiger partial charge in [0.2, 0.25) is 0 Å². The number of carboxylic acids is 1. The van der Waals surface area contributed by atoms with Crippen molar-refractivity contribution in [1.82, 2.24) is 4.98 Å². The summed E-state index contributed by atoms with van der Waals surface area (Å²) in [5.74, 6) is -0.449. The monoisotopic (exact) mass is 275 g/mol. The average molecular weight is 275 g/mol. The van der Waals surface area contributed by atoms with E-state index in [4.69, 9.17) is 0 Å². The summed E-state index contributed by atoms with van der Waals surface area (Å²) in [6.07, 6.45) is 1.47. The van der Waals surface area contributed by atoms with Crippen molar-refractivity contribution in [3.63, 3.8) is 0 Å². The molecule has 0 unspecified atom stereocenters. The number of carbonyl (C=O) groups is 1. The van der Waals surface area contributed by atoms with Gasteiger partial charge in [0.1, 0.15) is 0 Å². The maximum atomic E-state index is 11.3. The van der Waals surface area contributed by atoms with Crippen LogP contribution in [0.15, 0.2) is 30.3 Å². The van der Waals surface area contributed by atoms with Gasteiger partial charge >= 0.3 is 5.97 Å². The third-order valence-corrected chi connectivity index (χ3v) is 3.81. The second kappa shape index (κ2) is 5.97. The first-order valence-corrected chi connectivity index (χ1v) is 7.13. The Labute approximate surface area is 116 Å². The lowest BCUT2D eigenvalue weighted by molar-refractivity contribution is 0.0690. The second-order valence-corrected chi connectivity index (χ2v) is 6.11. The number of hydrogen-bond donors (Lipinski definition) is 1. The minimum Gasteiger partial charge on any atom is -0.476 e. The van der Waals surface area contributed by atoms with Gasteiger partial charge in [0.25, 0.3) is 0 Å². The van der Waals surface area contributed by atoms with Gasteiger partial charge in [-0.2, -0.15) is 0 Å². The molecule has 0 aliphatic carbocycles. The minimum atomic E-state index is -0.933. The van der Waals surface area contributed by atoms with Gasteiger partial charge in [-0.1, -0.05) is 44.2 Å². The quantitative estimate of drug-likeness (QED) is 0.906. The van der Waals surface area contributed by atoms with E-state index in [0.29, 0.717) is 12.3 Å². The molecule has 1 aromatic heterocycles. The fourth-order valence-corrected chi connectivity index (χ4v) is 3.21. The molecule has 2 rings (SSSR count). The number of carboxylic acid groups (broad SMARTS) is 1. The molecule has 0 aliphatic rings. The largest absolute Gasteiger partial charge is 0.476 e. The summed E-state index contributed by atoms with van der Waals surface area (Å²) in [7, 11) is 0. The molecule has 0 bridgehead atoms. The number of hydrogen-bond acceptors (Lipinski definition) is 3. The van der Waals surface area contributed by atoms with Gasteiger partial charge in [0.15, 0.2) is 5.69 Å². The van der Waals surface area contributed by atoms with E-state index in [1.54, 1.807) is 0 Å². The van der Waals surface area contributed by atoms with E-state index in [9.17, 15) is 9.90 Å². The highest BCUT2D eigenvalue weighted by Gasteiger charge is 2.17. The van der Waals surface area contributed by atoms with Crippen LogP contribution >= 0.6 is 11.3 Å². The maximum Gasteiger partial charge on any atom is 0.355 e. The molecule has 2 aromatic rings. The average Bonchev–Trinajstić information content (AvgIpc) is 2.72. The van der Waals surface area contributed by atoms with Gasteiger partial charge in [0, 0.05) is 17.7 Å². The molecule has 19 heavy (non-hydrogen) atoms. The van der Waals surface area contributed by atoms with Gasteiger partial charge in [-0.3, -0.25) is 0 Å². The van der Waals surface area contributed by atoms with E-state index in [0.717, 1.165) is 21.9 Å². The van der Waals surface area contributed by atoms with E-state index < -0.39 is 5.97 Å². The molecule has 1 aromatic carbocycles. The lowest BCUT2D eigenvalue weighted by atomic mass is 10.1. The molecule has 0 amide bonds. The first-order valence-electron chi connectivity index (χ1n) is 6.32. The summed E-state index contributed by atoms with van der Waals surface area (Å²) in [5, 5.41) is 10.2. The topological polar surface area (TPSA) is 50.2 Å². The minimum absolute atomic E-state index is 0.213. The normalized spacial score (nSPS) is 10.9. The van der Waals surface area contributed by atoms with Gasteiger partial charge in [-0.15, -0.1) is 11.3 Å². The van der Waals surface area contributed by atoms with Crippen LogP contribution < -0.4 is 0 Å². The Kier molecular flexibility index (Phi) is 4.32. The Bertz CT molecular complexity index is 561. The summed E-state index contributed by atoms with van der Waals surface area (Å²) in [5.41, 5.74) is 1.33. The zero-order chi connectivity index (χ0) is 13.8. The van der Waals surface area contributed by atoms with Crippen molar-refractivity contribution < 1.29 is 9.90 Å². The molecule has 1 heterocycles. The number of thiazole rings is 1. The Balaban J connectivity index is 2.27. The van der Waals surface area contributed by atoms with Crippen molar-refractivity contribution in [2.45, 2.75) is 26.7 Å². The van der Waals surface area contributed by atoms with Crippen LogP contribution in [0.3, 0.4) is 0 Å². The fourth-order valence-electron chi connectivity index (χ4n) is 1.91. The van der Waals surface area contributed by atoms with Crippen LogP contribution in [0.25, 0.3) is 0 Å². The highest BCUT2D eigenvalue weighted by Crippen LogP contribution is 2.24. The Hall–Kier alpha value is -1.68. The van der Waals surface area contributed by atoms with E-state index in [-0.39, 0.29) is 5.69 Å². The van der Waals surface area contributed by atoms with Crippen molar-refractivity contribution in [3.05, 3.63) is 51.5 Å². The number of nitrogens with zero attached hydrogens (tertiary/aromatic N) is 1. The van der Waals surface area contributed by atoms with Crippen molar-refractivity contribution in [3.8, 4) is 0 Å². The van der Waals surface area contributed by atoms with Crippen LogP contribution in [0.5, 0.6) is 0 Å². The highest BCUT2D eigenvalue weighted by molar-refractivity contribution is 7.12. The van der Waals surface area contributed by atoms with E-state index in [1.165, 1.54) is 11.3 Å². The molecule has 0 aliphatic heterocycles. The molecular weight excluding hydrogens is 258 g/mol. The number of aromatic nitrogens is 1. The summed E-state index contributed by atoms with van der Waals surface area (Å²) < 4.78 is 0. The molecular formula is C15H17NO2S. The number of benzene rings is 1. The standard InChI is InChI=1S/C15H17NO2S/c1-10(2)8-13-16-14(15(17)18)12(19-13)9-11-6-4-3-5-7-11/h3-7,10H,8-9H2,1-2H3,(H,17,18). The molecule has 1 N–H and O–H groups in total. The number of aromatic carboxylic acids is 1. The molecule has 100 valence electrons. The molecule has 4 heteroatoms. The first-order chi connectivity index (χ1) is 9.06. The van der Waals surface area contributed by atoms with Crippen molar-refractivity contribution in [2.24, 2.45) is 5.92 Å². The lowest BCUT2D eigenvalue weighted by Crippen LogP contribution is -2.02. The van der Waals surface area contributed by atoms with Gasteiger partial charge in [0.05, 0.1) is 5.01 Å². The van der Waals surface area contributed by atoms with Crippen molar-refractivity contribution in [1.29, 1.82) is 0 Å². The summed E-state index contributed by atoms with van der Waals surface area (Å²) in [6.45, 7) is 4.22. The lowest BCUT2D eigenvalue weighted by Gasteiger charge is -1.99. The summed E-state index contributed by atoms with van der Waals surface area (Å²) >= 11 is 1.52. The van der Waals surface area contributed by atoms with Gasteiger partial charge < -0.3 is 5.11 Å². The molecule has 0 atom stereocenters. The van der Waals surface area contributed by atoms with Gasteiger partial charge in [-0.05, 0) is 11.5 Å². The summed E-state index contributed by atoms with van der Waals surface area (Å²) in [6, 6.07) is 9.90. The molecule has 0 saturated carbocycles. The predicted molar refractivity (Wildman–Crippen MR) is 76.9 cm³/mol. The molecule has 3 nitrogen and oxygen atoms in total. The van der Waals surface area contributed by atoms with Crippen LogP contribution in [-0.4, -0.2) is 16.1 Å². The Morgan fingerprint density at radius 1 is 1.32 bits per heavy atom. The third-order valence-electron chi connectivity index (χ3n) is 2.73. The Morgan fingerprint density at radius 2 is 2.00 bits per heavy atom.